The van der Waals surface area contributed by atoms with Crippen molar-refractivity contribution in [3.8, 4) is 5.75 Å². The molecule has 1 atom stereocenters. The highest BCUT2D eigenvalue weighted by Crippen LogP contribution is 2.17. The minimum atomic E-state index is -0.548. The lowest BCUT2D eigenvalue weighted by Crippen LogP contribution is -2.43. The molecule has 0 aliphatic rings. The van der Waals surface area contributed by atoms with E-state index in [0.717, 1.165) is 12.6 Å². The summed E-state index contributed by atoms with van der Waals surface area (Å²) < 4.78 is 0. The Labute approximate surface area is 135 Å². The summed E-state index contributed by atoms with van der Waals surface area (Å²) in [7, 11) is 3.01. The molecule has 1 aromatic rings. The van der Waals surface area contributed by atoms with Gasteiger partial charge in [0, 0.05) is 31.6 Å². The monoisotopic (exact) mass is 322 g/mol. The summed E-state index contributed by atoms with van der Waals surface area (Å²) in [5.41, 5.74) is 1.18. The highest BCUT2D eigenvalue weighted by Gasteiger charge is 2.20. The Morgan fingerprint density at radius 2 is 2.00 bits per heavy atom. The first-order chi connectivity index (χ1) is 10.9. The molecule has 2 amide bonds. The third-order valence-corrected chi connectivity index (χ3v) is 3.24. The second kappa shape index (κ2) is 10.9. The van der Waals surface area contributed by atoms with Gasteiger partial charge < -0.3 is 20.1 Å². The van der Waals surface area contributed by atoms with Crippen molar-refractivity contribution in [2.45, 2.75) is 25.8 Å². The van der Waals surface area contributed by atoms with Crippen LogP contribution in [0.2, 0.25) is 0 Å². The Kier molecular flexibility index (Phi) is 9.66. The normalized spacial score (nSPS) is 10.6. The van der Waals surface area contributed by atoms with Gasteiger partial charge in [-0.3, -0.25) is 14.4 Å². The van der Waals surface area contributed by atoms with E-state index in [9.17, 15) is 19.2 Å². The Morgan fingerprint density at radius 3 is 2.43 bits per heavy atom. The maximum Gasteiger partial charge on any atom is 0.242 e. The lowest BCUT2D eigenvalue weighted by Gasteiger charge is -2.21. The number of phenols is 1. The quantitative estimate of drug-likeness (QED) is 0.719. The Hall–Kier alpha value is -2.70. The average Bonchev–Trinajstić information content (AvgIpc) is 2.57. The molecule has 0 saturated heterocycles. The molecule has 1 aromatic carbocycles. The number of carbonyl (C=O) groups excluding carboxylic acids is 4. The van der Waals surface area contributed by atoms with Crippen LogP contribution < -0.4 is 5.32 Å². The van der Waals surface area contributed by atoms with Crippen LogP contribution in [0.4, 0.5) is 0 Å². The van der Waals surface area contributed by atoms with Crippen LogP contribution in [0.15, 0.2) is 18.2 Å². The van der Waals surface area contributed by atoms with Crippen LogP contribution in [0.1, 0.15) is 28.8 Å². The van der Waals surface area contributed by atoms with Crippen molar-refractivity contribution in [2.75, 3.05) is 14.1 Å². The second-order valence-corrected chi connectivity index (χ2v) is 4.75. The molecule has 0 aromatic heterocycles. The van der Waals surface area contributed by atoms with E-state index in [1.807, 2.05) is 0 Å². The number of aromatic hydroxyl groups is 1. The number of nitrogens with one attached hydrogen (secondary N) is 1. The van der Waals surface area contributed by atoms with Crippen molar-refractivity contribution in [3.63, 3.8) is 0 Å². The maximum absolute atomic E-state index is 11.2. The molecule has 0 fully saturated rings. The van der Waals surface area contributed by atoms with Crippen molar-refractivity contribution >= 4 is 24.9 Å². The van der Waals surface area contributed by atoms with E-state index in [2.05, 4.69) is 5.32 Å². The number of likely N-dealkylation sites (N-methyl/N-ethyl adjacent to an activating group) is 2. The van der Waals surface area contributed by atoms with Gasteiger partial charge in [0.1, 0.15) is 24.4 Å². The van der Waals surface area contributed by atoms with Crippen LogP contribution in [0.25, 0.3) is 0 Å². The molecular formula is C16H22N2O5. The van der Waals surface area contributed by atoms with Crippen molar-refractivity contribution in [1.29, 1.82) is 0 Å². The van der Waals surface area contributed by atoms with E-state index in [0.29, 0.717) is 24.0 Å². The van der Waals surface area contributed by atoms with E-state index in [4.69, 9.17) is 5.11 Å². The zero-order valence-corrected chi connectivity index (χ0v) is 13.5. The van der Waals surface area contributed by atoms with Gasteiger partial charge in [0.15, 0.2) is 0 Å². The molecule has 0 aliphatic heterocycles. The van der Waals surface area contributed by atoms with Gasteiger partial charge in [0.05, 0.1) is 0 Å². The molecule has 0 aliphatic carbocycles. The van der Waals surface area contributed by atoms with Gasteiger partial charge in [-0.1, -0.05) is 12.1 Å². The first-order valence-corrected chi connectivity index (χ1v) is 6.99. The third kappa shape index (κ3) is 6.73. The van der Waals surface area contributed by atoms with Gasteiger partial charge in [0.2, 0.25) is 12.3 Å². The minimum absolute atomic E-state index is 0.171. The molecule has 7 heteroatoms. The number of carbonyl (C=O) groups is 4. The van der Waals surface area contributed by atoms with Crippen LogP contribution in [0.5, 0.6) is 5.75 Å². The summed E-state index contributed by atoms with van der Waals surface area (Å²) in [6, 6.07) is 4.32. The smallest absolute Gasteiger partial charge is 0.242 e. The SMILES string of the molecule is CNC(=O)C(CCC=O)N(C)C=O.Cc1c(O)cccc1C=O. The number of amides is 2. The summed E-state index contributed by atoms with van der Waals surface area (Å²) >= 11 is 0. The second-order valence-electron chi connectivity index (χ2n) is 4.75. The minimum Gasteiger partial charge on any atom is -0.508 e. The molecule has 1 rings (SSSR count). The van der Waals surface area contributed by atoms with E-state index in [1.54, 1.807) is 25.1 Å². The van der Waals surface area contributed by atoms with Crippen LogP contribution in [-0.4, -0.2) is 55.0 Å². The van der Waals surface area contributed by atoms with Gasteiger partial charge in [0.25, 0.3) is 0 Å². The van der Waals surface area contributed by atoms with Crippen LogP contribution >= 0.6 is 0 Å². The first kappa shape index (κ1) is 20.3. The van der Waals surface area contributed by atoms with E-state index in [-0.39, 0.29) is 18.1 Å². The summed E-state index contributed by atoms with van der Waals surface area (Å²) in [6.45, 7) is 1.71. The zero-order valence-electron chi connectivity index (χ0n) is 13.5. The Morgan fingerprint density at radius 1 is 1.35 bits per heavy atom. The molecule has 0 spiro atoms. The lowest BCUT2D eigenvalue weighted by atomic mass is 10.1. The van der Waals surface area contributed by atoms with E-state index < -0.39 is 6.04 Å². The molecule has 0 bridgehead atoms. The molecule has 2 N–H and O–H groups in total. The summed E-state index contributed by atoms with van der Waals surface area (Å²) in [5.74, 6) is -0.0824. The zero-order chi connectivity index (χ0) is 17.8. The predicted octanol–water partition coefficient (Wildman–Crippen LogP) is 0.681. The first-order valence-electron chi connectivity index (χ1n) is 6.99. The van der Waals surface area contributed by atoms with E-state index in [1.165, 1.54) is 19.0 Å². The predicted molar refractivity (Wildman–Crippen MR) is 85.2 cm³/mol. The Bertz CT molecular complexity index is 545. The number of hydrogen-bond donors (Lipinski definition) is 2. The molecule has 1 unspecified atom stereocenters. The largest absolute Gasteiger partial charge is 0.508 e. The molecule has 126 valence electrons. The fraction of sp³-hybridized carbons (Fsp3) is 0.375. The summed E-state index contributed by atoms with van der Waals surface area (Å²) in [4.78, 5) is 43.2. The third-order valence-electron chi connectivity index (χ3n) is 3.24. The van der Waals surface area contributed by atoms with Crippen LogP contribution in [-0.2, 0) is 14.4 Å². The lowest BCUT2D eigenvalue weighted by molar-refractivity contribution is -0.131. The number of aldehydes is 2. The molecule has 23 heavy (non-hydrogen) atoms. The van der Waals surface area contributed by atoms with Crippen molar-refractivity contribution < 1.29 is 24.3 Å². The fourth-order valence-corrected chi connectivity index (χ4v) is 1.75. The highest BCUT2D eigenvalue weighted by atomic mass is 16.3. The number of hydrogen-bond acceptors (Lipinski definition) is 5. The van der Waals surface area contributed by atoms with Gasteiger partial charge in [-0.2, -0.15) is 0 Å². The standard InChI is InChI=1S/C8H14N2O3.C8H8O2/c1-9-8(13)7(4-3-5-11)10(2)6-12;1-6-7(5-9)3-2-4-8(6)10/h5-7H,3-4H2,1-2H3,(H,9,13);2-5,10H,1H3. The number of phenolic OH excluding ortho intramolecular Hbond substituents is 1. The number of benzene rings is 1. The van der Waals surface area contributed by atoms with Crippen LogP contribution in [0, 0.1) is 6.92 Å². The highest BCUT2D eigenvalue weighted by molar-refractivity contribution is 5.83. The average molecular weight is 322 g/mol. The number of rotatable bonds is 7. The van der Waals surface area contributed by atoms with Crippen molar-refractivity contribution in [3.05, 3.63) is 29.3 Å². The van der Waals surface area contributed by atoms with Gasteiger partial charge in [-0.15, -0.1) is 0 Å². The molecule has 0 heterocycles. The van der Waals surface area contributed by atoms with Gasteiger partial charge in [-0.25, -0.2) is 0 Å². The molecular weight excluding hydrogens is 300 g/mol. The van der Waals surface area contributed by atoms with Crippen LogP contribution in [0.3, 0.4) is 0 Å². The summed E-state index contributed by atoms with van der Waals surface area (Å²) in [6.07, 6.45) is 2.67. The van der Waals surface area contributed by atoms with E-state index >= 15 is 0 Å². The van der Waals surface area contributed by atoms with Crippen molar-refractivity contribution in [2.24, 2.45) is 0 Å². The molecule has 7 nitrogen and oxygen atoms in total. The fourth-order valence-electron chi connectivity index (χ4n) is 1.75. The molecule has 0 radical (unpaired) electrons. The van der Waals surface area contributed by atoms with Gasteiger partial charge in [-0.05, 0) is 19.4 Å². The topological polar surface area (TPSA) is 104 Å². The number of nitrogens with zero attached hydrogens (tertiary/aromatic N) is 1. The van der Waals surface area contributed by atoms with Gasteiger partial charge >= 0.3 is 0 Å². The molecule has 0 saturated carbocycles. The maximum atomic E-state index is 11.2. The summed E-state index contributed by atoms with van der Waals surface area (Å²) in [5, 5.41) is 11.5. The van der Waals surface area contributed by atoms with Crippen molar-refractivity contribution in [1.82, 2.24) is 10.2 Å². The Balaban J connectivity index is 0.000000433.